The Morgan fingerprint density at radius 1 is 1.19 bits per heavy atom. The molecule has 2 N–H and O–H groups in total. The third-order valence-electron chi connectivity index (χ3n) is 6.01. The number of nitrogen functional groups attached to an aromatic ring is 1. The van der Waals surface area contributed by atoms with Crippen LogP contribution in [0.25, 0.3) is 0 Å². The van der Waals surface area contributed by atoms with Gasteiger partial charge in [-0.3, -0.25) is 4.79 Å². The molecule has 7 nitrogen and oxygen atoms in total. The molecule has 142 valence electrons. The number of anilines is 2. The van der Waals surface area contributed by atoms with E-state index >= 15 is 0 Å². The van der Waals surface area contributed by atoms with E-state index < -0.39 is 0 Å². The van der Waals surface area contributed by atoms with Gasteiger partial charge in [0.15, 0.2) is 0 Å². The van der Waals surface area contributed by atoms with Gasteiger partial charge in [-0.05, 0) is 38.0 Å². The van der Waals surface area contributed by atoms with Crippen molar-refractivity contribution in [3.8, 4) is 0 Å². The molecule has 4 heterocycles. The molecule has 0 aromatic carbocycles. The summed E-state index contributed by atoms with van der Waals surface area (Å²) in [4.78, 5) is 25.0. The number of amides is 1. The van der Waals surface area contributed by atoms with E-state index in [4.69, 9.17) is 10.5 Å². The van der Waals surface area contributed by atoms with Crippen LogP contribution >= 0.6 is 0 Å². The zero-order valence-electron chi connectivity index (χ0n) is 15.4. The maximum Gasteiger partial charge on any atom is 0.222 e. The Balaban J connectivity index is 1.32. The number of likely N-dealkylation sites (tertiary alicyclic amines) is 1. The summed E-state index contributed by atoms with van der Waals surface area (Å²) in [6.45, 7) is 5.40. The molecular weight excluding hydrogens is 330 g/mol. The number of ether oxygens (including phenoxy) is 1. The van der Waals surface area contributed by atoms with E-state index in [0.717, 1.165) is 89.4 Å². The molecule has 7 heteroatoms. The highest BCUT2D eigenvalue weighted by Crippen LogP contribution is 2.29. The molecule has 3 aliphatic heterocycles. The molecule has 4 rings (SSSR count). The standard InChI is InChI=1S/C19H29N5O2/c20-19-21-16(15-6-11-26-13-15)12-17(22-19)23-8-3-14(4-9-23)5-10-24-7-1-2-18(24)25/h12,14-15H,1-11,13H2,(H2,20,21,22)/t15-/m0/s1. The fourth-order valence-corrected chi connectivity index (χ4v) is 4.34. The SMILES string of the molecule is Nc1nc([C@H]2CCOC2)cc(N2CCC(CCN3CCCC3=O)CC2)n1. The summed E-state index contributed by atoms with van der Waals surface area (Å²) in [7, 11) is 0. The highest BCUT2D eigenvalue weighted by molar-refractivity contribution is 5.78. The molecule has 1 atom stereocenters. The molecule has 0 bridgehead atoms. The lowest BCUT2D eigenvalue weighted by Gasteiger charge is -2.33. The van der Waals surface area contributed by atoms with Gasteiger partial charge in [-0.1, -0.05) is 0 Å². The topological polar surface area (TPSA) is 84.6 Å². The highest BCUT2D eigenvalue weighted by Gasteiger charge is 2.26. The lowest BCUT2D eigenvalue weighted by molar-refractivity contribution is -0.127. The average molecular weight is 359 g/mol. The van der Waals surface area contributed by atoms with Crippen LogP contribution in [-0.4, -0.2) is 60.2 Å². The largest absolute Gasteiger partial charge is 0.381 e. The lowest BCUT2D eigenvalue weighted by atomic mass is 9.93. The predicted molar refractivity (Wildman–Crippen MR) is 100.0 cm³/mol. The molecule has 0 aliphatic carbocycles. The molecule has 3 fully saturated rings. The summed E-state index contributed by atoms with van der Waals surface area (Å²) in [6, 6.07) is 2.10. The van der Waals surface area contributed by atoms with E-state index in [2.05, 4.69) is 20.9 Å². The Morgan fingerprint density at radius 3 is 2.73 bits per heavy atom. The number of carbonyl (C=O) groups excluding carboxylic acids is 1. The van der Waals surface area contributed by atoms with Crippen LogP contribution in [0.15, 0.2) is 6.07 Å². The number of hydrogen-bond acceptors (Lipinski definition) is 6. The summed E-state index contributed by atoms with van der Waals surface area (Å²) < 4.78 is 5.48. The number of rotatable bonds is 5. The summed E-state index contributed by atoms with van der Waals surface area (Å²) in [6.07, 6.45) is 6.19. The van der Waals surface area contributed by atoms with Gasteiger partial charge < -0.3 is 20.3 Å². The van der Waals surface area contributed by atoms with Crippen LogP contribution in [0, 0.1) is 5.92 Å². The maximum absolute atomic E-state index is 11.7. The summed E-state index contributed by atoms with van der Waals surface area (Å²) in [5, 5.41) is 0. The first-order valence-corrected chi connectivity index (χ1v) is 9.94. The Kier molecular flexibility index (Phi) is 5.24. The van der Waals surface area contributed by atoms with Gasteiger partial charge in [0.05, 0.1) is 12.3 Å². The predicted octanol–water partition coefficient (Wildman–Crippen LogP) is 1.79. The molecule has 1 amide bonds. The first kappa shape index (κ1) is 17.5. The van der Waals surface area contributed by atoms with E-state index in [9.17, 15) is 4.79 Å². The van der Waals surface area contributed by atoms with E-state index in [-0.39, 0.29) is 0 Å². The van der Waals surface area contributed by atoms with E-state index in [1.807, 2.05) is 4.90 Å². The van der Waals surface area contributed by atoms with Crippen LogP contribution in [0.3, 0.4) is 0 Å². The molecule has 26 heavy (non-hydrogen) atoms. The van der Waals surface area contributed by atoms with Crippen molar-refractivity contribution in [3.05, 3.63) is 11.8 Å². The van der Waals surface area contributed by atoms with Crippen molar-refractivity contribution >= 4 is 17.7 Å². The van der Waals surface area contributed by atoms with Crippen molar-refractivity contribution in [1.82, 2.24) is 14.9 Å². The van der Waals surface area contributed by atoms with Gasteiger partial charge in [-0.25, -0.2) is 4.98 Å². The van der Waals surface area contributed by atoms with Crippen LogP contribution in [0.1, 0.15) is 50.1 Å². The number of nitrogens with two attached hydrogens (primary N) is 1. The molecule has 0 radical (unpaired) electrons. The number of hydrogen-bond donors (Lipinski definition) is 1. The third-order valence-corrected chi connectivity index (χ3v) is 6.01. The van der Waals surface area contributed by atoms with Crippen LogP contribution in [0.4, 0.5) is 11.8 Å². The number of piperidine rings is 1. The molecule has 1 aromatic heterocycles. The first-order chi connectivity index (χ1) is 12.7. The number of carbonyl (C=O) groups is 1. The second-order valence-corrected chi connectivity index (χ2v) is 7.77. The molecule has 1 aromatic rings. The Labute approximate surface area is 154 Å². The zero-order valence-corrected chi connectivity index (χ0v) is 15.4. The Morgan fingerprint density at radius 2 is 2.04 bits per heavy atom. The summed E-state index contributed by atoms with van der Waals surface area (Å²) in [5.74, 6) is 2.69. The number of aromatic nitrogens is 2. The summed E-state index contributed by atoms with van der Waals surface area (Å²) in [5.41, 5.74) is 6.98. The van der Waals surface area contributed by atoms with Crippen molar-refractivity contribution in [3.63, 3.8) is 0 Å². The highest BCUT2D eigenvalue weighted by atomic mass is 16.5. The van der Waals surface area contributed by atoms with E-state index in [0.29, 0.717) is 23.7 Å². The molecule has 0 saturated carbocycles. The quantitative estimate of drug-likeness (QED) is 0.863. The lowest BCUT2D eigenvalue weighted by Crippen LogP contribution is -2.36. The third kappa shape index (κ3) is 3.92. The monoisotopic (exact) mass is 359 g/mol. The van der Waals surface area contributed by atoms with Gasteiger partial charge in [-0.2, -0.15) is 4.98 Å². The van der Waals surface area contributed by atoms with Gasteiger partial charge in [0.1, 0.15) is 5.82 Å². The summed E-state index contributed by atoms with van der Waals surface area (Å²) >= 11 is 0. The van der Waals surface area contributed by atoms with Gasteiger partial charge in [0, 0.05) is 51.2 Å². The normalized spacial score (nSPS) is 24.6. The smallest absolute Gasteiger partial charge is 0.222 e. The van der Waals surface area contributed by atoms with Crippen molar-refractivity contribution in [2.24, 2.45) is 5.92 Å². The Bertz CT molecular complexity index is 639. The molecule has 3 aliphatic rings. The average Bonchev–Trinajstić information content (AvgIpc) is 3.32. The number of nitrogens with zero attached hydrogens (tertiary/aromatic N) is 4. The van der Waals surface area contributed by atoms with E-state index in [1.54, 1.807) is 0 Å². The minimum absolute atomic E-state index is 0.335. The van der Waals surface area contributed by atoms with Gasteiger partial charge in [0.2, 0.25) is 11.9 Å². The fourth-order valence-electron chi connectivity index (χ4n) is 4.34. The minimum atomic E-state index is 0.335. The van der Waals surface area contributed by atoms with Gasteiger partial charge in [0.25, 0.3) is 0 Å². The first-order valence-electron chi connectivity index (χ1n) is 9.94. The van der Waals surface area contributed by atoms with Crippen LogP contribution < -0.4 is 10.6 Å². The zero-order chi connectivity index (χ0) is 17.9. The molecule has 0 spiro atoms. The van der Waals surface area contributed by atoms with Gasteiger partial charge >= 0.3 is 0 Å². The van der Waals surface area contributed by atoms with Crippen molar-refractivity contribution in [2.45, 2.75) is 44.4 Å². The Hall–Kier alpha value is -1.89. The minimum Gasteiger partial charge on any atom is -0.381 e. The maximum atomic E-state index is 11.7. The second kappa shape index (κ2) is 7.78. The fraction of sp³-hybridized carbons (Fsp3) is 0.737. The van der Waals surface area contributed by atoms with Crippen molar-refractivity contribution in [2.75, 3.05) is 50.0 Å². The van der Waals surface area contributed by atoms with Gasteiger partial charge in [-0.15, -0.1) is 0 Å². The molecular formula is C19H29N5O2. The van der Waals surface area contributed by atoms with Crippen molar-refractivity contribution < 1.29 is 9.53 Å². The van der Waals surface area contributed by atoms with Crippen LogP contribution in [0.5, 0.6) is 0 Å². The van der Waals surface area contributed by atoms with Crippen LogP contribution in [-0.2, 0) is 9.53 Å². The second-order valence-electron chi connectivity index (χ2n) is 7.77. The molecule has 0 unspecified atom stereocenters. The van der Waals surface area contributed by atoms with Crippen LogP contribution in [0.2, 0.25) is 0 Å². The molecule has 3 saturated heterocycles. The van der Waals surface area contributed by atoms with Crippen molar-refractivity contribution in [1.29, 1.82) is 0 Å². The van der Waals surface area contributed by atoms with E-state index in [1.165, 1.54) is 0 Å².